The van der Waals surface area contributed by atoms with Crippen LogP contribution in [0.25, 0.3) is 22.1 Å². The molecule has 0 amide bonds. The highest BCUT2D eigenvalue weighted by atomic mass is 35.5. The number of aromatic nitrogens is 6. The fraction of sp³-hybridized carbons (Fsp3) is 0.269. The first kappa shape index (κ1) is 23.1. The van der Waals surface area contributed by atoms with E-state index in [0.717, 1.165) is 64.5 Å². The van der Waals surface area contributed by atoms with Crippen LogP contribution in [0.1, 0.15) is 33.6 Å². The number of aromatic amines is 2. The molecule has 8 rings (SSSR count). The molecule has 4 aromatic heterocycles. The van der Waals surface area contributed by atoms with E-state index in [0.29, 0.717) is 5.15 Å². The first-order valence-electron chi connectivity index (χ1n) is 12.1. The van der Waals surface area contributed by atoms with Crippen LogP contribution in [-0.4, -0.2) is 47.6 Å². The number of benzene rings is 1. The number of halogens is 1. The second-order valence-corrected chi connectivity index (χ2v) is 11.7. The van der Waals surface area contributed by atoms with Gasteiger partial charge in [0.2, 0.25) is 0 Å². The number of thioether (sulfide) groups is 2. The van der Waals surface area contributed by atoms with Crippen molar-refractivity contribution in [2.45, 2.75) is 30.9 Å². The van der Waals surface area contributed by atoms with E-state index in [1.807, 2.05) is 29.7 Å². The molecule has 5 aromatic rings. The van der Waals surface area contributed by atoms with Crippen molar-refractivity contribution in [3.05, 3.63) is 69.6 Å². The number of anilines is 2. The molecular formula is C26H23ClN8S2. The fourth-order valence-electron chi connectivity index (χ4n) is 5.08. The summed E-state index contributed by atoms with van der Waals surface area (Å²) in [6.07, 6.45) is 7.21. The molecule has 3 aliphatic rings. The predicted octanol–water partition coefficient (Wildman–Crippen LogP) is 5.82. The molecule has 37 heavy (non-hydrogen) atoms. The Balaban J connectivity index is 0.000000141. The average molecular weight is 547 g/mol. The molecule has 3 N–H and O–H groups in total. The molecule has 11 heteroatoms. The van der Waals surface area contributed by atoms with Crippen LogP contribution in [0.15, 0.2) is 35.8 Å². The number of hydrogen-bond acceptors (Lipinski definition) is 8. The van der Waals surface area contributed by atoms with Gasteiger partial charge in [0.1, 0.15) is 34.9 Å². The molecule has 0 saturated heterocycles. The Morgan fingerprint density at radius 2 is 1.54 bits per heavy atom. The number of nitrogens with one attached hydrogen (secondary N) is 3. The largest absolute Gasteiger partial charge is 0.343 e. The molecular weight excluding hydrogens is 524 g/mol. The third kappa shape index (κ3) is 4.26. The lowest BCUT2D eigenvalue weighted by Gasteiger charge is -2.12. The Bertz CT molecular complexity index is 1670. The van der Waals surface area contributed by atoms with Gasteiger partial charge in [-0.2, -0.15) is 23.5 Å². The highest BCUT2D eigenvalue weighted by Gasteiger charge is 2.20. The quantitative estimate of drug-likeness (QED) is 0.239. The molecule has 0 bridgehead atoms. The van der Waals surface area contributed by atoms with Gasteiger partial charge in [-0.25, -0.2) is 19.9 Å². The summed E-state index contributed by atoms with van der Waals surface area (Å²) >= 11 is 9.95. The van der Waals surface area contributed by atoms with Gasteiger partial charge in [0.25, 0.3) is 0 Å². The Morgan fingerprint density at radius 1 is 0.838 bits per heavy atom. The van der Waals surface area contributed by atoms with Gasteiger partial charge in [-0.05, 0) is 58.7 Å². The summed E-state index contributed by atoms with van der Waals surface area (Å²) in [7, 11) is 0. The van der Waals surface area contributed by atoms with Crippen molar-refractivity contribution < 1.29 is 0 Å². The number of aliphatic imine (C=N–C) groups is 1. The lowest BCUT2D eigenvalue weighted by Crippen LogP contribution is -2.01. The highest BCUT2D eigenvalue weighted by molar-refractivity contribution is 7.98. The molecule has 3 aliphatic heterocycles. The summed E-state index contributed by atoms with van der Waals surface area (Å²) < 4.78 is 0. The molecule has 0 aliphatic carbocycles. The molecule has 7 heterocycles. The normalized spacial score (nSPS) is 15.7. The minimum atomic E-state index is 0.565. The summed E-state index contributed by atoms with van der Waals surface area (Å²) in [5.74, 6) is 5.26. The van der Waals surface area contributed by atoms with Crippen LogP contribution in [0, 0.1) is 0 Å². The van der Waals surface area contributed by atoms with Gasteiger partial charge in [-0.1, -0.05) is 17.7 Å². The monoisotopic (exact) mass is 546 g/mol. The second-order valence-electron chi connectivity index (χ2n) is 9.11. The van der Waals surface area contributed by atoms with Gasteiger partial charge >= 0.3 is 0 Å². The summed E-state index contributed by atoms with van der Waals surface area (Å²) in [6, 6.07) is 6.36. The van der Waals surface area contributed by atoms with E-state index in [9.17, 15) is 0 Å². The lowest BCUT2D eigenvalue weighted by molar-refractivity contribution is 1.03. The number of hydrogen-bond donors (Lipinski definition) is 3. The van der Waals surface area contributed by atoms with E-state index in [4.69, 9.17) is 11.6 Å². The summed E-state index contributed by atoms with van der Waals surface area (Å²) in [5, 5.41) is 6.17. The summed E-state index contributed by atoms with van der Waals surface area (Å²) in [6.45, 7) is 0.788. The van der Waals surface area contributed by atoms with Crippen LogP contribution < -0.4 is 5.32 Å². The van der Waals surface area contributed by atoms with Gasteiger partial charge < -0.3 is 15.3 Å². The Labute approximate surface area is 226 Å². The number of fused-ring (bicyclic) bond motifs is 7. The maximum atomic E-state index is 6.05. The standard InChI is InChI=1S/C17H15N5S.C9H8ClN3S/c1-2-12(5-11-7-18-6-10(1)11)21-16-15-13-8-23-4-3-14(13)22-17(15)20-9-19-16;10-8-7-5-3-14-2-1-6(5)13-9(7)12-4-11-8/h1-2,5,7,9H,3-4,6,8H2,(H2,19,20,21,22);4H,1-3H2,(H,11,12,13). The van der Waals surface area contributed by atoms with Crippen LogP contribution in [-0.2, 0) is 30.9 Å². The SMILES string of the molecule is C1=NCc2ccc(Nc3ncnc4[nH]c5c(c34)CSCC5)cc21.Clc1ncnc2[nH]c3c(c12)CSCC3. The first-order chi connectivity index (χ1) is 18.2. The Kier molecular flexibility index (Phi) is 6.02. The van der Waals surface area contributed by atoms with Crippen molar-refractivity contribution in [3.63, 3.8) is 0 Å². The smallest absolute Gasteiger partial charge is 0.143 e. The molecule has 186 valence electrons. The van der Waals surface area contributed by atoms with Crippen LogP contribution in [0.4, 0.5) is 11.5 Å². The van der Waals surface area contributed by atoms with Crippen molar-refractivity contribution in [2.24, 2.45) is 4.99 Å². The molecule has 0 unspecified atom stereocenters. The van der Waals surface area contributed by atoms with Gasteiger partial charge in [-0.3, -0.25) is 4.99 Å². The third-order valence-electron chi connectivity index (χ3n) is 6.91. The Morgan fingerprint density at radius 3 is 2.32 bits per heavy atom. The van der Waals surface area contributed by atoms with Crippen molar-refractivity contribution in [1.82, 2.24) is 29.9 Å². The molecule has 0 atom stereocenters. The van der Waals surface area contributed by atoms with E-state index >= 15 is 0 Å². The molecule has 0 saturated carbocycles. The van der Waals surface area contributed by atoms with E-state index in [1.54, 1.807) is 6.33 Å². The first-order valence-corrected chi connectivity index (χ1v) is 14.8. The Hall–Kier alpha value is -3.08. The molecule has 0 fully saturated rings. The fourth-order valence-corrected chi connectivity index (χ4v) is 7.36. The van der Waals surface area contributed by atoms with Crippen LogP contribution >= 0.6 is 35.1 Å². The van der Waals surface area contributed by atoms with E-state index in [2.05, 4.69) is 58.4 Å². The minimum Gasteiger partial charge on any atom is -0.343 e. The van der Waals surface area contributed by atoms with Crippen molar-refractivity contribution in [3.8, 4) is 0 Å². The van der Waals surface area contributed by atoms with Crippen molar-refractivity contribution in [1.29, 1.82) is 0 Å². The van der Waals surface area contributed by atoms with Gasteiger partial charge in [0.15, 0.2) is 0 Å². The molecule has 8 nitrogen and oxygen atoms in total. The zero-order valence-corrected chi connectivity index (χ0v) is 22.2. The third-order valence-corrected chi connectivity index (χ3v) is 9.16. The highest BCUT2D eigenvalue weighted by Crippen LogP contribution is 2.35. The minimum absolute atomic E-state index is 0.565. The van der Waals surface area contributed by atoms with E-state index in [-0.39, 0.29) is 0 Å². The molecule has 0 spiro atoms. The molecule has 1 aromatic carbocycles. The number of aryl methyl sites for hydroxylation is 2. The number of H-pyrrole nitrogens is 2. The zero-order chi connectivity index (χ0) is 24.8. The van der Waals surface area contributed by atoms with Crippen LogP contribution in [0.2, 0.25) is 5.15 Å². The van der Waals surface area contributed by atoms with Crippen molar-refractivity contribution in [2.75, 3.05) is 16.8 Å². The number of nitrogens with zero attached hydrogens (tertiary/aromatic N) is 5. The van der Waals surface area contributed by atoms with Gasteiger partial charge in [0, 0.05) is 34.8 Å². The van der Waals surface area contributed by atoms with E-state index in [1.165, 1.54) is 51.5 Å². The lowest BCUT2D eigenvalue weighted by atomic mass is 10.1. The maximum absolute atomic E-state index is 6.05. The van der Waals surface area contributed by atoms with E-state index < -0.39 is 0 Å². The van der Waals surface area contributed by atoms with Gasteiger partial charge in [-0.15, -0.1) is 0 Å². The summed E-state index contributed by atoms with van der Waals surface area (Å²) in [5.41, 5.74) is 10.5. The zero-order valence-electron chi connectivity index (χ0n) is 19.8. The maximum Gasteiger partial charge on any atom is 0.143 e. The molecule has 0 radical (unpaired) electrons. The summed E-state index contributed by atoms with van der Waals surface area (Å²) in [4.78, 5) is 28.2. The average Bonchev–Trinajstić information content (AvgIpc) is 3.64. The van der Waals surface area contributed by atoms with Crippen LogP contribution in [0.3, 0.4) is 0 Å². The van der Waals surface area contributed by atoms with Gasteiger partial charge in [0.05, 0.1) is 17.3 Å². The second kappa shape index (κ2) is 9.66. The van der Waals surface area contributed by atoms with Crippen molar-refractivity contribution >= 4 is 74.9 Å². The topological polar surface area (TPSA) is 108 Å². The predicted molar refractivity (Wildman–Crippen MR) is 154 cm³/mol. The van der Waals surface area contributed by atoms with Crippen LogP contribution in [0.5, 0.6) is 0 Å². The number of rotatable bonds is 2.